The number of nitrogens with one attached hydrogen (secondary N) is 1. The Morgan fingerprint density at radius 3 is 2.96 bits per heavy atom. The van der Waals surface area contributed by atoms with Crippen molar-refractivity contribution in [2.45, 2.75) is 39.3 Å². The Labute approximate surface area is 136 Å². The average Bonchev–Trinajstić information content (AvgIpc) is 3.17. The number of benzene rings is 1. The van der Waals surface area contributed by atoms with Crippen LogP contribution in [-0.2, 0) is 11.3 Å². The highest BCUT2D eigenvalue weighted by molar-refractivity contribution is 6.08. The van der Waals surface area contributed by atoms with Gasteiger partial charge in [0.15, 0.2) is 0 Å². The van der Waals surface area contributed by atoms with Crippen molar-refractivity contribution in [3.8, 4) is 5.75 Å². The lowest BCUT2D eigenvalue weighted by Crippen LogP contribution is -2.32. The smallest absolute Gasteiger partial charge is 0.253 e. The number of aromatic nitrogens is 1. The number of methoxy groups -OCH3 is 1. The second-order valence-electron chi connectivity index (χ2n) is 5.93. The molecule has 0 spiro atoms. The van der Waals surface area contributed by atoms with Crippen molar-refractivity contribution in [2.75, 3.05) is 20.3 Å². The molecule has 23 heavy (non-hydrogen) atoms. The van der Waals surface area contributed by atoms with E-state index in [1.807, 2.05) is 25.1 Å². The fourth-order valence-corrected chi connectivity index (χ4v) is 3.38. The predicted octanol–water partition coefficient (Wildman–Crippen LogP) is 2.89. The number of carbonyl (C=O) groups is 1. The summed E-state index contributed by atoms with van der Waals surface area (Å²) in [7, 11) is 1.64. The van der Waals surface area contributed by atoms with Crippen LogP contribution in [0.2, 0.25) is 0 Å². The zero-order valence-electron chi connectivity index (χ0n) is 14.0. The zero-order chi connectivity index (χ0) is 16.4. The summed E-state index contributed by atoms with van der Waals surface area (Å²) in [6.45, 7) is 6.28. The maximum absolute atomic E-state index is 12.7. The van der Waals surface area contributed by atoms with Crippen LogP contribution in [0.1, 0.15) is 35.8 Å². The molecule has 0 aliphatic carbocycles. The zero-order valence-corrected chi connectivity index (χ0v) is 14.0. The lowest BCUT2D eigenvalue weighted by Gasteiger charge is -2.11. The standard InChI is InChI=1S/C18H24N2O3/c1-4-20-12(2)17(15-10-13(22-3)7-8-16(15)20)18(21)19-11-14-6-5-9-23-14/h7-8,10,14H,4-6,9,11H2,1-3H3,(H,19,21)/t14-/m0/s1. The Bertz CT molecular complexity index is 715. The Morgan fingerprint density at radius 1 is 1.48 bits per heavy atom. The van der Waals surface area contributed by atoms with Crippen LogP contribution in [0.3, 0.4) is 0 Å². The van der Waals surface area contributed by atoms with Gasteiger partial charge in [-0.05, 0) is 44.9 Å². The van der Waals surface area contributed by atoms with Gasteiger partial charge in [-0.25, -0.2) is 0 Å². The molecule has 1 aliphatic rings. The minimum absolute atomic E-state index is 0.0385. The van der Waals surface area contributed by atoms with Crippen LogP contribution in [0, 0.1) is 6.92 Å². The molecular weight excluding hydrogens is 292 g/mol. The average molecular weight is 316 g/mol. The number of amides is 1. The number of hydrogen-bond donors (Lipinski definition) is 1. The first-order chi connectivity index (χ1) is 11.2. The van der Waals surface area contributed by atoms with Crippen molar-refractivity contribution in [1.82, 2.24) is 9.88 Å². The fraction of sp³-hybridized carbons (Fsp3) is 0.500. The van der Waals surface area contributed by atoms with Gasteiger partial charge in [-0.15, -0.1) is 0 Å². The van der Waals surface area contributed by atoms with Crippen molar-refractivity contribution in [3.63, 3.8) is 0 Å². The molecule has 5 heteroatoms. The molecule has 1 aliphatic heterocycles. The monoisotopic (exact) mass is 316 g/mol. The number of aryl methyl sites for hydroxylation is 1. The lowest BCUT2D eigenvalue weighted by molar-refractivity contribution is 0.0858. The summed E-state index contributed by atoms with van der Waals surface area (Å²) in [5.41, 5.74) is 2.78. The molecule has 1 aromatic carbocycles. The molecule has 0 bridgehead atoms. The second kappa shape index (κ2) is 6.62. The molecule has 1 aromatic heterocycles. The molecule has 1 saturated heterocycles. The number of hydrogen-bond acceptors (Lipinski definition) is 3. The van der Waals surface area contributed by atoms with E-state index in [2.05, 4.69) is 16.8 Å². The van der Waals surface area contributed by atoms with Gasteiger partial charge in [0, 0.05) is 36.3 Å². The highest BCUT2D eigenvalue weighted by Crippen LogP contribution is 2.29. The van der Waals surface area contributed by atoms with Crippen molar-refractivity contribution in [2.24, 2.45) is 0 Å². The number of fused-ring (bicyclic) bond motifs is 1. The first kappa shape index (κ1) is 15.9. The van der Waals surface area contributed by atoms with Crippen LogP contribution < -0.4 is 10.1 Å². The van der Waals surface area contributed by atoms with Crippen LogP contribution in [0.25, 0.3) is 10.9 Å². The molecule has 1 amide bonds. The van der Waals surface area contributed by atoms with E-state index in [0.717, 1.165) is 53.9 Å². The molecule has 0 unspecified atom stereocenters. The van der Waals surface area contributed by atoms with E-state index in [-0.39, 0.29) is 12.0 Å². The van der Waals surface area contributed by atoms with Crippen LogP contribution >= 0.6 is 0 Å². The molecule has 1 fully saturated rings. The van der Waals surface area contributed by atoms with Crippen molar-refractivity contribution in [3.05, 3.63) is 29.5 Å². The van der Waals surface area contributed by atoms with Gasteiger partial charge in [-0.2, -0.15) is 0 Å². The maximum atomic E-state index is 12.7. The van der Waals surface area contributed by atoms with Gasteiger partial charge in [0.25, 0.3) is 5.91 Å². The van der Waals surface area contributed by atoms with E-state index in [0.29, 0.717) is 6.54 Å². The first-order valence-corrected chi connectivity index (χ1v) is 8.22. The molecule has 0 saturated carbocycles. The number of rotatable bonds is 5. The van der Waals surface area contributed by atoms with E-state index in [1.165, 1.54) is 0 Å². The van der Waals surface area contributed by atoms with Gasteiger partial charge in [-0.1, -0.05) is 0 Å². The molecule has 124 valence electrons. The second-order valence-corrected chi connectivity index (χ2v) is 5.93. The molecule has 5 nitrogen and oxygen atoms in total. The Balaban J connectivity index is 1.94. The van der Waals surface area contributed by atoms with E-state index < -0.39 is 0 Å². The highest BCUT2D eigenvalue weighted by atomic mass is 16.5. The summed E-state index contributed by atoms with van der Waals surface area (Å²) in [6, 6.07) is 5.89. The van der Waals surface area contributed by atoms with Crippen LogP contribution in [0.5, 0.6) is 5.75 Å². The van der Waals surface area contributed by atoms with E-state index in [9.17, 15) is 4.79 Å². The fourth-order valence-electron chi connectivity index (χ4n) is 3.38. The largest absolute Gasteiger partial charge is 0.497 e. The van der Waals surface area contributed by atoms with Gasteiger partial charge in [-0.3, -0.25) is 4.79 Å². The van der Waals surface area contributed by atoms with E-state index in [1.54, 1.807) is 7.11 Å². The van der Waals surface area contributed by atoms with Gasteiger partial charge in [0.1, 0.15) is 5.75 Å². The third kappa shape index (κ3) is 2.93. The van der Waals surface area contributed by atoms with Gasteiger partial charge >= 0.3 is 0 Å². The number of nitrogens with zero attached hydrogens (tertiary/aromatic N) is 1. The van der Waals surface area contributed by atoms with Gasteiger partial charge < -0.3 is 19.4 Å². The quantitative estimate of drug-likeness (QED) is 0.923. The Kier molecular flexibility index (Phi) is 4.57. The maximum Gasteiger partial charge on any atom is 0.253 e. The molecule has 1 N–H and O–H groups in total. The van der Waals surface area contributed by atoms with E-state index in [4.69, 9.17) is 9.47 Å². The number of carbonyl (C=O) groups excluding carboxylic acids is 1. The summed E-state index contributed by atoms with van der Waals surface area (Å²) in [6.07, 6.45) is 2.24. The van der Waals surface area contributed by atoms with Crippen molar-refractivity contribution in [1.29, 1.82) is 0 Å². The van der Waals surface area contributed by atoms with E-state index >= 15 is 0 Å². The third-order valence-corrected chi connectivity index (χ3v) is 4.59. The van der Waals surface area contributed by atoms with Crippen LogP contribution in [0.4, 0.5) is 0 Å². The van der Waals surface area contributed by atoms with Gasteiger partial charge in [0.2, 0.25) is 0 Å². The highest BCUT2D eigenvalue weighted by Gasteiger charge is 2.22. The number of ether oxygens (including phenoxy) is 2. The summed E-state index contributed by atoms with van der Waals surface area (Å²) < 4.78 is 13.1. The molecule has 0 radical (unpaired) electrons. The summed E-state index contributed by atoms with van der Waals surface area (Å²) in [4.78, 5) is 12.7. The molecular formula is C18H24N2O3. The lowest BCUT2D eigenvalue weighted by atomic mass is 10.1. The SMILES string of the molecule is CCn1c(C)c(C(=O)NC[C@@H]2CCCO2)c2cc(OC)ccc21. The van der Waals surface area contributed by atoms with Crippen molar-refractivity contribution < 1.29 is 14.3 Å². The van der Waals surface area contributed by atoms with Crippen LogP contribution in [-0.4, -0.2) is 36.8 Å². The van der Waals surface area contributed by atoms with Gasteiger partial charge in [0.05, 0.1) is 18.8 Å². The molecule has 2 heterocycles. The summed E-state index contributed by atoms with van der Waals surface area (Å²) >= 11 is 0. The normalized spacial score (nSPS) is 17.6. The summed E-state index contributed by atoms with van der Waals surface area (Å²) in [5.74, 6) is 0.724. The van der Waals surface area contributed by atoms with Crippen LogP contribution in [0.15, 0.2) is 18.2 Å². The minimum Gasteiger partial charge on any atom is -0.497 e. The Morgan fingerprint density at radius 2 is 2.30 bits per heavy atom. The van der Waals surface area contributed by atoms with Crippen molar-refractivity contribution >= 4 is 16.8 Å². The molecule has 1 atom stereocenters. The molecule has 2 aromatic rings. The molecule has 3 rings (SSSR count). The minimum atomic E-state index is -0.0385. The topological polar surface area (TPSA) is 52.5 Å². The first-order valence-electron chi connectivity index (χ1n) is 8.22. The Hall–Kier alpha value is -2.01. The third-order valence-electron chi connectivity index (χ3n) is 4.59. The summed E-state index contributed by atoms with van der Waals surface area (Å²) in [5, 5.41) is 3.97. The predicted molar refractivity (Wildman–Crippen MR) is 90.2 cm³/mol.